The van der Waals surface area contributed by atoms with Crippen LogP contribution in [0.15, 0.2) is 17.5 Å². The van der Waals surface area contributed by atoms with Crippen molar-refractivity contribution in [2.45, 2.75) is 32.8 Å². The molecule has 3 amide bonds. The summed E-state index contributed by atoms with van der Waals surface area (Å²) in [5.41, 5.74) is -0.516. The fourth-order valence-corrected chi connectivity index (χ4v) is 2.29. The van der Waals surface area contributed by atoms with Crippen LogP contribution in [0.3, 0.4) is 0 Å². The monoisotopic (exact) mass is 327 g/mol. The second-order valence-corrected chi connectivity index (χ2v) is 6.95. The van der Waals surface area contributed by atoms with E-state index in [4.69, 9.17) is 4.74 Å². The van der Waals surface area contributed by atoms with Crippen LogP contribution in [0.4, 0.5) is 9.59 Å². The Labute approximate surface area is 135 Å². The third-order valence-corrected chi connectivity index (χ3v) is 3.61. The van der Waals surface area contributed by atoms with E-state index in [0.29, 0.717) is 19.6 Å². The van der Waals surface area contributed by atoms with E-state index in [2.05, 4.69) is 10.6 Å². The highest BCUT2D eigenvalue weighted by Crippen LogP contribution is 2.09. The van der Waals surface area contributed by atoms with Gasteiger partial charge in [-0.1, -0.05) is 6.07 Å². The minimum atomic E-state index is -0.516. The zero-order chi connectivity index (χ0) is 16.6. The molecule has 0 atom stereocenters. The maximum atomic E-state index is 11.7. The highest BCUT2D eigenvalue weighted by Gasteiger charge is 2.19. The van der Waals surface area contributed by atoms with Crippen LogP contribution in [0.2, 0.25) is 0 Å². The van der Waals surface area contributed by atoms with Crippen LogP contribution in [-0.2, 0) is 11.2 Å². The molecule has 0 aliphatic rings. The standard InChI is InChI=1S/C15H25N3O3S/c1-15(2,3)21-14(20)18(4)10-9-17-13(19)16-8-7-12-6-5-11-22-12/h5-6,11H,7-10H2,1-4H3,(H2,16,17,19). The van der Waals surface area contributed by atoms with Crippen LogP contribution < -0.4 is 10.6 Å². The minimum absolute atomic E-state index is 0.228. The first-order valence-corrected chi connectivity index (χ1v) is 8.14. The molecule has 1 rings (SSSR count). The molecule has 0 aromatic carbocycles. The van der Waals surface area contributed by atoms with E-state index in [1.807, 2.05) is 38.3 Å². The molecule has 7 heteroatoms. The smallest absolute Gasteiger partial charge is 0.410 e. The molecular weight excluding hydrogens is 302 g/mol. The van der Waals surface area contributed by atoms with Gasteiger partial charge in [-0.15, -0.1) is 11.3 Å². The molecular formula is C15H25N3O3S. The molecule has 0 spiro atoms. The molecule has 0 saturated carbocycles. The van der Waals surface area contributed by atoms with Crippen molar-refractivity contribution in [1.29, 1.82) is 0 Å². The van der Waals surface area contributed by atoms with Crippen molar-refractivity contribution >= 4 is 23.5 Å². The van der Waals surface area contributed by atoms with E-state index in [1.54, 1.807) is 18.4 Å². The largest absolute Gasteiger partial charge is 0.444 e. The van der Waals surface area contributed by atoms with Gasteiger partial charge in [0.05, 0.1) is 0 Å². The van der Waals surface area contributed by atoms with Crippen molar-refractivity contribution in [3.05, 3.63) is 22.4 Å². The highest BCUT2D eigenvalue weighted by atomic mass is 32.1. The Kier molecular flexibility index (Phi) is 7.17. The molecule has 0 unspecified atom stereocenters. The van der Waals surface area contributed by atoms with Gasteiger partial charge in [0.1, 0.15) is 5.60 Å². The van der Waals surface area contributed by atoms with Gasteiger partial charge in [-0.25, -0.2) is 9.59 Å². The Bertz CT molecular complexity index is 469. The zero-order valence-corrected chi connectivity index (χ0v) is 14.5. The van der Waals surface area contributed by atoms with E-state index in [0.717, 1.165) is 6.42 Å². The molecule has 0 saturated heterocycles. The van der Waals surface area contributed by atoms with E-state index < -0.39 is 11.7 Å². The first-order valence-electron chi connectivity index (χ1n) is 7.26. The highest BCUT2D eigenvalue weighted by molar-refractivity contribution is 7.09. The normalized spacial score (nSPS) is 10.9. The Morgan fingerprint density at radius 1 is 1.27 bits per heavy atom. The molecule has 6 nitrogen and oxygen atoms in total. The molecule has 1 heterocycles. The Hall–Kier alpha value is -1.76. The van der Waals surface area contributed by atoms with Gasteiger partial charge in [-0.2, -0.15) is 0 Å². The summed E-state index contributed by atoms with van der Waals surface area (Å²) in [6, 6.07) is 3.81. The molecule has 1 aromatic heterocycles. The van der Waals surface area contributed by atoms with E-state index in [9.17, 15) is 9.59 Å². The van der Waals surface area contributed by atoms with Crippen LogP contribution >= 0.6 is 11.3 Å². The molecule has 0 aliphatic carbocycles. The number of carbonyl (C=O) groups is 2. The fraction of sp³-hybridized carbons (Fsp3) is 0.600. The summed E-state index contributed by atoms with van der Waals surface area (Å²) < 4.78 is 5.22. The van der Waals surface area contributed by atoms with Crippen LogP contribution in [0, 0.1) is 0 Å². The number of thiophene rings is 1. The van der Waals surface area contributed by atoms with Gasteiger partial charge in [-0.05, 0) is 38.6 Å². The van der Waals surface area contributed by atoms with E-state index >= 15 is 0 Å². The van der Waals surface area contributed by atoms with Gasteiger partial charge < -0.3 is 20.3 Å². The summed E-state index contributed by atoms with van der Waals surface area (Å²) in [5, 5.41) is 7.52. The lowest BCUT2D eigenvalue weighted by molar-refractivity contribution is 0.0301. The maximum Gasteiger partial charge on any atom is 0.410 e. The lowest BCUT2D eigenvalue weighted by atomic mass is 10.2. The second kappa shape index (κ2) is 8.63. The summed E-state index contributed by atoms with van der Waals surface area (Å²) >= 11 is 1.67. The fourth-order valence-electron chi connectivity index (χ4n) is 1.58. The van der Waals surface area contributed by atoms with E-state index in [1.165, 1.54) is 9.78 Å². The van der Waals surface area contributed by atoms with Gasteiger partial charge in [0.2, 0.25) is 0 Å². The molecule has 0 fully saturated rings. The van der Waals surface area contributed by atoms with Gasteiger partial charge in [0.15, 0.2) is 0 Å². The molecule has 0 bridgehead atoms. The summed E-state index contributed by atoms with van der Waals surface area (Å²) in [6.45, 7) is 6.82. The molecule has 0 aliphatic heterocycles. The molecule has 0 radical (unpaired) electrons. The number of hydrogen-bond donors (Lipinski definition) is 2. The average Bonchev–Trinajstić information content (AvgIpc) is 2.89. The Morgan fingerprint density at radius 2 is 1.95 bits per heavy atom. The lowest BCUT2D eigenvalue weighted by Crippen LogP contribution is -2.42. The molecule has 2 N–H and O–H groups in total. The number of nitrogens with one attached hydrogen (secondary N) is 2. The van der Waals surface area contributed by atoms with Crippen molar-refractivity contribution in [1.82, 2.24) is 15.5 Å². The molecule has 1 aromatic rings. The number of carbonyl (C=O) groups excluding carboxylic acids is 2. The van der Waals surface area contributed by atoms with Crippen LogP contribution in [0.25, 0.3) is 0 Å². The maximum absolute atomic E-state index is 11.7. The summed E-state index contributed by atoms with van der Waals surface area (Å²) in [7, 11) is 1.64. The third kappa shape index (κ3) is 7.87. The number of nitrogens with zero attached hydrogens (tertiary/aromatic N) is 1. The quantitative estimate of drug-likeness (QED) is 0.843. The number of likely N-dealkylation sites (N-methyl/N-ethyl adjacent to an activating group) is 1. The number of urea groups is 1. The number of ether oxygens (including phenoxy) is 1. The predicted octanol–water partition coefficient (Wildman–Crippen LogP) is 2.46. The van der Waals surface area contributed by atoms with Crippen LogP contribution in [0.5, 0.6) is 0 Å². The van der Waals surface area contributed by atoms with Crippen LogP contribution in [-0.4, -0.2) is 49.3 Å². The predicted molar refractivity (Wildman–Crippen MR) is 88.3 cm³/mol. The molecule has 22 heavy (non-hydrogen) atoms. The lowest BCUT2D eigenvalue weighted by Gasteiger charge is -2.24. The van der Waals surface area contributed by atoms with Gasteiger partial charge >= 0.3 is 12.1 Å². The minimum Gasteiger partial charge on any atom is -0.444 e. The SMILES string of the molecule is CN(CCNC(=O)NCCc1cccs1)C(=O)OC(C)(C)C. The summed E-state index contributed by atoms with van der Waals surface area (Å²) in [5.74, 6) is 0. The average molecular weight is 327 g/mol. The number of amides is 3. The molecule has 124 valence electrons. The van der Waals surface area contributed by atoms with Gasteiger partial charge in [0, 0.05) is 31.6 Å². The third-order valence-electron chi connectivity index (χ3n) is 2.67. The Morgan fingerprint density at radius 3 is 2.55 bits per heavy atom. The van der Waals surface area contributed by atoms with Crippen LogP contribution in [0.1, 0.15) is 25.6 Å². The van der Waals surface area contributed by atoms with Crippen molar-refractivity contribution in [2.75, 3.05) is 26.7 Å². The van der Waals surface area contributed by atoms with Crippen molar-refractivity contribution in [2.24, 2.45) is 0 Å². The first kappa shape index (κ1) is 18.3. The summed E-state index contributed by atoms with van der Waals surface area (Å²) in [4.78, 5) is 26.0. The van der Waals surface area contributed by atoms with Crippen molar-refractivity contribution in [3.8, 4) is 0 Å². The van der Waals surface area contributed by atoms with Gasteiger partial charge in [0.25, 0.3) is 0 Å². The van der Waals surface area contributed by atoms with Crippen molar-refractivity contribution < 1.29 is 14.3 Å². The van der Waals surface area contributed by atoms with Gasteiger partial charge in [-0.3, -0.25) is 0 Å². The zero-order valence-electron chi connectivity index (χ0n) is 13.6. The second-order valence-electron chi connectivity index (χ2n) is 5.91. The number of hydrogen-bond acceptors (Lipinski definition) is 4. The first-order chi connectivity index (χ1) is 10.3. The van der Waals surface area contributed by atoms with Crippen molar-refractivity contribution in [3.63, 3.8) is 0 Å². The Balaban J connectivity index is 2.12. The van der Waals surface area contributed by atoms with E-state index in [-0.39, 0.29) is 6.03 Å². The summed E-state index contributed by atoms with van der Waals surface area (Å²) in [6.07, 6.45) is 0.426. The number of rotatable bonds is 6. The topological polar surface area (TPSA) is 70.7 Å².